The van der Waals surface area contributed by atoms with E-state index in [0.717, 1.165) is 5.25 Å². The maximum Gasteiger partial charge on any atom is 0.0138 e. The summed E-state index contributed by atoms with van der Waals surface area (Å²) in [4.78, 5) is 0. The van der Waals surface area contributed by atoms with Gasteiger partial charge in [-0.25, -0.2) is 0 Å². The largest absolute Gasteiger partial charge is 0.161 e. The highest BCUT2D eigenvalue weighted by Crippen LogP contribution is 2.23. The summed E-state index contributed by atoms with van der Waals surface area (Å²) in [6, 6.07) is 0. The van der Waals surface area contributed by atoms with Crippen LogP contribution in [0.25, 0.3) is 0 Å². The number of hydrogen-bond donors (Lipinski definition) is 0. The van der Waals surface area contributed by atoms with Crippen molar-refractivity contribution in [3.8, 4) is 0 Å². The van der Waals surface area contributed by atoms with Gasteiger partial charge < -0.3 is 0 Å². The molecular weight excluding hydrogens is 244 g/mol. The Hall–Kier alpha value is 0.700. The van der Waals surface area contributed by atoms with E-state index in [4.69, 9.17) is 0 Å². The van der Waals surface area contributed by atoms with E-state index >= 15 is 0 Å². The summed E-state index contributed by atoms with van der Waals surface area (Å²) in [5.74, 6) is 4.13. The first-order chi connectivity index (χ1) is 8.35. The van der Waals surface area contributed by atoms with Gasteiger partial charge in [-0.15, -0.1) is 0 Å². The van der Waals surface area contributed by atoms with Crippen LogP contribution in [-0.4, -0.2) is 22.5 Å². The molecule has 2 heteroatoms. The van der Waals surface area contributed by atoms with Crippen LogP contribution in [0.5, 0.6) is 0 Å². The van der Waals surface area contributed by atoms with Crippen molar-refractivity contribution in [3.63, 3.8) is 0 Å². The molecule has 0 spiro atoms. The Morgan fingerprint density at radius 1 is 0.765 bits per heavy atom. The fourth-order valence-corrected chi connectivity index (χ4v) is 4.58. The summed E-state index contributed by atoms with van der Waals surface area (Å²) in [6.45, 7) is 6.88. The Kier molecular flexibility index (Phi) is 15.4. The van der Waals surface area contributed by atoms with E-state index in [2.05, 4.69) is 44.3 Å². The summed E-state index contributed by atoms with van der Waals surface area (Å²) in [7, 11) is 0. The summed E-state index contributed by atoms with van der Waals surface area (Å²) < 4.78 is 0. The van der Waals surface area contributed by atoms with E-state index in [9.17, 15) is 0 Å². The van der Waals surface area contributed by atoms with Crippen molar-refractivity contribution in [1.29, 1.82) is 0 Å². The van der Waals surface area contributed by atoms with Crippen molar-refractivity contribution in [3.05, 3.63) is 0 Å². The molecule has 0 aromatic rings. The highest BCUT2D eigenvalue weighted by Gasteiger charge is 2.08. The molecule has 17 heavy (non-hydrogen) atoms. The van der Waals surface area contributed by atoms with Gasteiger partial charge in [-0.2, -0.15) is 23.5 Å². The van der Waals surface area contributed by atoms with Gasteiger partial charge in [-0.1, -0.05) is 52.9 Å². The second-order valence-corrected chi connectivity index (χ2v) is 7.33. The van der Waals surface area contributed by atoms with E-state index < -0.39 is 0 Å². The molecule has 104 valence electrons. The molecule has 0 bridgehead atoms. The van der Waals surface area contributed by atoms with Gasteiger partial charge in [0.25, 0.3) is 0 Å². The summed E-state index contributed by atoms with van der Waals surface area (Å²) in [5.41, 5.74) is 0. The van der Waals surface area contributed by atoms with Gasteiger partial charge in [0, 0.05) is 11.0 Å². The lowest BCUT2D eigenvalue weighted by Gasteiger charge is -2.16. The quantitative estimate of drug-likeness (QED) is 0.378. The minimum absolute atomic E-state index is 0.926. The molecule has 0 aliphatic carbocycles. The lowest BCUT2D eigenvalue weighted by molar-refractivity contribution is 0.666. The molecule has 0 amide bonds. The number of unbranched alkanes of at least 4 members (excludes halogenated alkanes) is 4. The number of thioether (sulfide) groups is 2. The molecule has 0 radical (unpaired) electrons. The first kappa shape index (κ1) is 17.7. The van der Waals surface area contributed by atoms with Crippen LogP contribution in [0.15, 0.2) is 0 Å². The molecule has 0 aliphatic heterocycles. The van der Waals surface area contributed by atoms with Crippen LogP contribution in [0.1, 0.15) is 72.1 Å². The summed E-state index contributed by atoms with van der Waals surface area (Å²) in [6.07, 6.45) is 11.1. The fourth-order valence-electron chi connectivity index (χ4n) is 1.69. The number of hydrogen-bond acceptors (Lipinski definition) is 2. The minimum Gasteiger partial charge on any atom is -0.161 e. The van der Waals surface area contributed by atoms with E-state index in [1.165, 1.54) is 68.6 Å². The molecule has 0 rings (SSSR count). The minimum atomic E-state index is 0.926. The first-order valence-corrected chi connectivity index (χ1v) is 9.74. The van der Waals surface area contributed by atoms with Crippen molar-refractivity contribution in [2.45, 2.75) is 77.4 Å². The smallest absolute Gasteiger partial charge is 0.0138 e. The van der Waals surface area contributed by atoms with Crippen LogP contribution < -0.4 is 0 Å². The predicted molar refractivity (Wildman–Crippen MR) is 87.5 cm³/mol. The zero-order valence-corrected chi connectivity index (χ0v) is 13.8. The molecule has 0 aromatic heterocycles. The maximum atomic E-state index is 2.30. The molecular formula is C15H32S2. The third-order valence-corrected chi connectivity index (χ3v) is 5.75. The van der Waals surface area contributed by atoms with Crippen LogP contribution in [0.4, 0.5) is 0 Å². The first-order valence-electron chi connectivity index (χ1n) is 7.54. The highest BCUT2D eigenvalue weighted by molar-refractivity contribution is 8.03. The van der Waals surface area contributed by atoms with Crippen molar-refractivity contribution >= 4 is 23.5 Å². The molecule has 0 fully saturated rings. The number of rotatable bonds is 13. The third-order valence-electron chi connectivity index (χ3n) is 2.93. The fraction of sp³-hybridized carbons (Fsp3) is 1.00. The van der Waals surface area contributed by atoms with Gasteiger partial charge in [0.1, 0.15) is 0 Å². The Labute approximate surface area is 118 Å². The Bertz CT molecular complexity index is 127. The highest BCUT2D eigenvalue weighted by atomic mass is 32.2. The van der Waals surface area contributed by atoms with Crippen LogP contribution in [0.3, 0.4) is 0 Å². The molecule has 0 saturated carbocycles. The second kappa shape index (κ2) is 14.8. The average molecular weight is 277 g/mol. The van der Waals surface area contributed by atoms with Gasteiger partial charge >= 0.3 is 0 Å². The van der Waals surface area contributed by atoms with Gasteiger partial charge in [0.05, 0.1) is 0 Å². The third kappa shape index (κ3) is 12.9. The molecule has 0 N–H and O–H groups in total. The predicted octanol–water partition coefficient (Wildman–Crippen LogP) is 6.00. The van der Waals surface area contributed by atoms with Crippen molar-refractivity contribution in [2.24, 2.45) is 0 Å². The van der Waals surface area contributed by atoms with E-state index in [1.54, 1.807) is 0 Å². The zero-order chi connectivity index (χ0) is 12.8. The van der Waals surface area contributed by atoms with E-state index in [0.29, 0.717) is 0 Å². The van der Waals surface area contributed by atoms with Gasteiger partial charge in [0.2, 0.25) is 0 Å². The zero-order valence-electron chi connectivity index (χ0n) is 12.2. The van der Waals surface area contributed by atoms with Crippen molar-refractivity contribution < 1.29 is 0 Å². The Balaban J connectivity index is 3.60. The maximum absolute atomic E-state index is 2.30. The lowest BCUT2D eigenvalue weighted by Crippen LogP contribution is -2.08. The van der Waals surface area contributed by atoms with E-state index in [-0.39, 0.29) is 0 Å². The van der Waals surface area contributed by atoms with Crippen molar-refractivity contribution in [1.82, 2.24) is 0 Å². The standard InChI is InChI=1S/C15H32S2/c1-4-7-10-11-15(17-13-9-6-3)14-16-12-8-5-2/h15H,4-14H2,1-3H3. The Morgan fingerprint density at radius 3 is 2.06 bits per heavy atom. The SMILES string of the molecule is CCCCCC(CSCCCC)SCCCC. The van der Waals surface area contributed by atoms with Crippen LogP contribution >= 0.6 is 23.5 Å². The molecule has 0 aromatic carbocycles. The molecule has 1 atom stereocenters. The normalized spacial score (nSPS) is 12.9. The van der Waals surface area contributed by atoms with Crippen LogP contribution in [0, 0.1) is 0 Å². The lowest BCUT2D eigenvalue weighted by atomic mass is 10.2. The monoisotopic (exact) mass is 276 g/mol. The molecule has 1 unspecified atom stereocenters. The van der Waals surface area contributed by atoms with E-state index in [1.807, 2.05) is 0 Å². The van der Waals surface area contributed by atoms with Gasteiger partial charge in [-0.05, 0) is 30.8 Å². The van der Waals surface area contributed by atoms with Crippen LogP contribution in [0.2, 0.25) is 0 Å². The Morgan fingerprint density at radius 2 is 1.41 bits per heavy atom. The van der Waals surface area contributed by atoms with Gasteiger partial charge in [-0.3, -0.25) is 0 Å². The summed E-state index contributed by atoms with van der Waals surface area (Å²) >= 11 is 4.41. The second-order valence-electron chi connectivity index (χ2n) is 4.77. The average Bonchev–Trinajstić information content (AvgIpc) is 2.34. The summed E-state index contributed by atoms with van der Waals surface area (Å²) in [5, 5.41) is 0.926. The van der Waals surface area contributed by atoms with Crippen molar-refractivity contribution in [2.75, 3.05) is 17.3 Å². The molecule has 0 heterocycles. The molecule has 0 aliphatic rings. The molecule has 0 saturated heterocycles. The van der Waals surface area contributed by atoms with Gasteiger partial charge in [0.15, 0.2) is 0 Å². The van der Waals surface area contributed by atoms with Crippen LogP contribution in [-0.2, 0) is 0 Å². The topological polar surface area (TPSA) is 0 Å². The molecule has 0 nitrogen and oxygen atoms in total.